The maximum Gasteiger partial charge on any atom is 0.0558 e. The zero-order valence-corrected chi connectivity index (χ0v) is 11.0. The Hall–Kier alpha value is -0.120. The fraction of sp³-hybridized carbons (Fsp3) is 1.00. The van der Waals surface area contributed by atoms with Crippen LogP contribution in [-0.4, -0.2) is 48.3 Å². The first-order valence-corrected chi connectivity index (χ1v) is 7.48. The van der Waals surface area contributed by atoms with Crippen LogP contribution in [0.1, 0.15) is 51.4 Å². The van der Waals surface area contributed by atoms with Crippen molar-refractivity contribution in [3.8, 4) is 0 Å². The largest absolute Gasteiger partial charge is 0.395 e. The Bertz CT molecular complexity index is 196. The van der Waals surface area contributed by atoms with Crippen LogP contribution in [0.15, 0.2) is 0 Å². The van der Waals surface area contributed by atoms with E-state index >= 15 is 0 Å². The number of aliphatic hydroxyl groups excluding tert-OH is 1. The standard InChI is InChI=1S/C14H28N2O/c17-11-10-16(12-13-6-5-9-15-13)14-7-3-1-2-4-8-14/h13-15,17H,1-12H2. The van der Waals surface area contributed by atoms with Crippen molar-refractivity contribution in [1.29, 1.82) is 0 Å². The van der Waals surface area contributed by atoms with Crippen molar-refractivity contribution in [3.05, 3.63) is 0 Å². The Kier molecular flexibility index (Phi) is 5.75. The molecule has 0 amide bonds. The summed E-state index contributed by atoms with van der Waals surface area (Å²) < 4.78 is 0. The van der Waals surface area contributed by atoms with Gasteiger partial charge >= 0.3 is 0 Å². The third kappa shape index (κ3) is 4.23. The molecule has 2 N–H and O–H groups in total. The molecule has 2 aliphatic rings. The lowest BCUT2D eigenvalue weighted by molar-refractivity contribution is 0.129. The highest BCUT2D eigenvalue weighted by molar-refractivity contribution is 4.82. The molecule has 1 atom stereocenters. The predicted molar refractivity (Wildman–Crippen MR) is 71.2 cm³/mol. The second-order valence-electron chi connectivity index (χ2n) is 5.66. The van der Waals surface area contributed by atoms with Crippen molar-refractivity contribution < 1.29 is 5.11 Å². The molecule has 0 bridgehead atoms. The number of rotatable bonds is 5. The van der Waals surface area contributed by atoms with Gasteiger partial charge in [-0.3, -0.25) is 4.90 Å². The molecule has 0 radical (unpaired) electrons. The third-order valence-electron chi connectivity index (χ3n) is 4.35. The van der Waals surface area contributed by atoms with Crippen LogP contribution in [0.4, 0.5) is 0 Å². The molecule has 2 fully saturated rings. The number of hydrogen-bond donors (Lipinski definition) is 2. The molecule has 1 aliphatic carbocycles. The SMILES string of the molecule is OCCN(CC1CCCN1)C1CCCCCC1. The molecule has 1 unspecified atom stereocenters. The summed E-state index contributed by atoms with van der Waals surface area (Å²) in [6.07, 6.45) is 10.9. The lowest BCUT2D eigenvalue weighted by Crippen LogP contribution is -2.44. The Labute approximate surface area is 106 Å². The van der Waals surface area contributed by atoms with Crippen molar-refractivity contribution >= 4 is 0 Å². The van der Waals surface area contributed by atoms with Gasteiger partial charge in [0.25, 0.3) is 0 Å². The smallest absolute Gasteiger partial charge is 0.0558 e. The average molecular weight is 240 g/mol. The van der Waals surface area contributed by atoms with Crippen molar-refractivity contribution in [2.75, 3.05) is 26.2 Å². The van der Waals surface area contributed by atoms with Crippen molar-refractivity contribution in [3.63, 3.8) is 0 Å². The Morgan fingerprint density at radius 2 is 1.76 bits per heavy atom. The molecule has 0 aromatic rings. The number of nitrogens with one attached hydrogen (secondary N) is 1. The van der Waals surface area contributed by atoms with Crippen molar-refractivity contribution in [2.24, 2.45) is 0 Å². The van der Waals surface area contributed by atoms with Gasteiger partial charge in [0.2, 0.25) is 0 Å². The molecule has 1 saturated heterocycles. The van der Waals surface area contributed by atoms with Gasteiger partial charge in [-0.05, 0) is 32.2 Å². The van der Waals surface area contributed by atoms with E-state index in [1.54, 1.807) is 0 Å². The van der Waals surface area contributed by atoms with Crippen LogP contribution in [0.3, 0.4) is 0 Å². The molecule has 1 heterocycles. The van der Waals surface area contributed by atoms with Gasteiger partial charge in [-0.1, -0.05) is 25.7 Å². The van der Waals surface area contributed by atoms with Crippen LogP contribution < -0.4 is 5.32 Å². The van der Waals surface area contributed by atoms with Crippen molar-refractivity contribution in [2.45, 2.75) is 63.5 Å². The van der Waals surface area contributed by atoms with Gasteiger partial charge in [0.15, 0.2) is 0 Å². The Morgan fingerprint density at radius 3 is 2.35 bits per heavy atom. The van der Waals surface area contributed by atoms with Gasteiger partial charge in [-0.2, -0.15) is 0 Å². The normalized spacial score (nSPS) is 27.5. The summed E-state index contributed by atoms with van der Waals surface area (Å²) in [7, 11) is 0. The van der Waals surface area contributed by atoms with Crippen LogP contribution in [0, 0.1) is 0 Å². The molecule has 100 valence electrons. The van der Waals surface area contributed by atoms with Gasteiger partial charge in [0, 0.05) is 25.2 Å². The van der Waals surface area contributed by atoms with Gasteiger partial charge in [-0.15, -0.1) is 0 Å². The lowest BCUT2D eigenvalue weighted by Gasteiger charge is -2.32. The third-order valence-corrected chi connectivity index (χ3v) is 4.35. The second kappa shape index (κ2) is 7.34. The topological polar surface area (TPSA) is 35.5 Å². The van der Waals surface area contributed by atoms with E-state index in [0.29, 0.717) is 12.6 Å². The zero-order valence-electron chi connectivity index (χ0n) is 11.0. The summed E-state index contributed by atoms with van der Waals surface area (Å²) in [5.74, 6) is 0. The number of aliphatic hydroxyl groups is 1. The molecule has 3 nitrogen and oxygen atoms in total. The molecule has 0 spiro atoms. The fourth-order valence-corrected chi connectivity index (χ4v) is 3.37. The van der Waals surface area contributed by atoms with Crippen LogP contribution >= 0.6 is 0 Å². The average Bonchev–Trinajstić information content (AvgIpc) is 2.69. The van der Waals surface area contributed by atoms with Gasteiger partial charge < -0.3 is 10.4 Å². The van der Waals surface area contributed by atoms with E-state index in [4.69, 9.17) is 0 Å². The van der Waals surface area contributed by atoms with E-state index in [2.05, 4.69) is 10.2 Å². The highest BCUT2D eigenvalue weighted by Gasteiger charge is 2.24. The summed E-state index contributed by atoms with van der Waals surface area (Å²) in [4.78, 5) is 2.55. The minimum Gasteiger partial charge on any atom is -0.395 e. The second-order valence-corrected chi connectivity index (χ2v) is 5.66. The van der Waals surface area contributed by atoms with E-state index in [-0.39, 0.29) is 0 Å². The molecule has 3 heteroatoms. The zero-order chi connectivity index (χ0) is 11.9. The van der Waals surface area contributed by atoms with E-state index in [0.717, 1.165) is 19.1 Å². The Morgan fingerprint density at radius 1 is 1.00 bits per heavy atom. The first-order valence-electron chi connectivity index (χ1n) is 7.48. The number of hydrogen-bond acceptors (Lipinski definition) is 3. The van der Waals surface area contributed by atoms with Gasteiger partial charge in [0.05, 0.1) is 6.61 Å². The predicted octanol–water partition coefficient (Wildman–Crippen LogP) is 1.76. The van der Waals surface area contributed by atoms with E-state index in [1.165, 1.54) is 57.9 Å². The highest BCUT2D eigenvalue weighted by atomic mass is 16.3. The summed E-state index contributed by atoms with van der Waals surface area (Å²) in [6.45, 7) is 3.50. The van der Waals surface area contributed by atoms with Gasteiger partial charge in [-0.25, -0.2) is 0 Å². The minimum atomic E-state index is 0.309. The monoisotopic (exact) mass is 240 g/mol. The van der Waals surface area contributed by atoms with Crippen LogP contribution in [0.25, 0.3) is 0 Å². The molecule has 0 aromatic carbocycles. The van der Waals surface area contributed by atoms with Crippen LogP contribution in [-0.2, 0) is 0 Å². The summed E-state index contributed by atoms with van der Waals surface area (Å²) in [5, 5.41) is 12.8. The van der Waals surface area contributed by atoms with Gasteiger partial charge in [0.1, 0.15) is 0 Å². The molecule has 2 rings (SSSR count). The molecule has 17 heavy (non-hydrogen) atoms. The number of nitrogens with zero attached hydrogens (tertiary/aromatic N) is 1. The minimum absolute atomic E-state index is 0.309. The summed E-state index contributed by atoms with van der Waals surface area (Å²) in [6, 6.07) is 1.40. The summed E-state index contributed by atoms with van der Waals surface area (Å²) >= 11 is 0. The lowest BCUT2D eigenvalue weighted by atomic mass is 10.1. The van der Waals surface area contributed by atoms with E-state index in [1.807, 2.05) is 0 Å². The Balaban J connectivity index is 1.84. The summed E-state index contributed by atoms with van der Waals surface area (Å²) in [5.41, 5.74) is 0. The van der Waals surface area contributed by atoms with Crippen molar-refractivity contribution in [1.82, 2.24) is 10.2 Å². The molecular weight excluding hydrogens is 212 g/mol. The van der Waals surface area contributed by atoms with E-state index in [9.17, 15) is 5.11 Å². The van der Waals surface area contributed by atoms with E-state index < -0.39 is 0 Å². The molecular formula is C14H28N2O. The maximum atomic E-state index is 9.25. The van der Waals surface area contributed by atoms with Crippen LogP contribution in [0.5, 0.6) is 0 Å². The molecule has 0 aromatic heterocycles. The highest BCUT2D eigenvalue weighted by Crippen LogP contribution is 2.22. The fourth-order valence-electron chi connectivity index (χ4n) is 3.37. The first-order chi connectivity index (χ1) is 8.40. The van der Waals surface area contributed by atoms with Crippen LogP contribution in [0.2, 0.25) is 0 Å². The molecule has 1 aliphatic heterocycles. The first kappa shape index (κ1) is 13.3. The quantitative estimate of drug-likeness (QED) is 0.719. The maximum absolute atomic E-state index is 9.25. The molecule has 1 saturated carbocycles.